The molecule has 28 heavy (non-hydrogen) atoms. The van der Waals surface area contributed by atoms with Crippen molar-refractivity contribution in [3.8, 4) is 0 Å². The van der Waals surface area contributed by atoms with Gasteiger partial charge in [-0.3, -0.25) is 4.79 Å². The van der Waals surface area contributed by atoms with E-state index >= 15 is 0 Å². The molecule has 0 aliphatic rings. The summed E-state index contributed by atoms with van der Waals surface area (Å²) in [5, 5.41) is 0. The lowest BCUT2D eigenvalue weighted by Crippen LogP contribution is -2.33. The quantitative estimate of drug-likeness (QED) is 0.503. The standard InChI is InChI=1S/C25H36N2O/c1-7-13-27(24(28)16-21(3)17-25(4,5)6)19-23-12-9-14-26(23)18-22-11-8-10-20(2)15-22/h7-12,14-15,21H,1,13,16-19H2,2-6H3/t21-/m0/s1. The number of hydrogen-bond acceptors (Lipinski definition) is 1. The summed E-state index contributed by atoms with van der Waals surface area (Å²) in [7, 11) is 0. The second-order valence-electron chi connectivity index (χ2n) is 9.25. The summed E-state index contributed by atoms with van der Waals surface area (Å²) in [6, 6.07) is 12.7. The molecule has 2 aromatic rings. The number of aryl methyl sites for hydroxylation is 1. The number of carbonyl (C=O) groups excluding carboxylic acids is 1. The average molecular weight is 381 g/mol. The van der Waals surface area contributed by atoms with Gasteiger partial charge in [-0.25, -0.2) is 0 Å². The maximum atomic E-state index is 12.9. The summed E-state index contributed by atoms with van der Waals surface area (Å²) in [5.41, 5.74) is 3.94. The molecule has 1 heterocycles. The Morgan fingerprint density at radius 2 is 2.00 bits per heavy atom. The Morgan fingerprint density at radius 3 is 2.64 bits per heavy atom. The van der Waals surface area contributed by atoms with Crippen LogP contribution in [0.4, 0.5) is 0 Å². The highest BCUT2D eigenvalue weighted by atomic mass is 16.2. The largest absolute Gasteiger partial charge is 0.345 e. The molecule has 1 aromatic carbocycles. The van der Waals surface area contributed by atoms with E-state index in [1.165, 1.54) is 11.1 Å². The zero-order valence-electron chi connectivity index (χ0n) is 18.2. The van der Waals surface area contributed by atoms with Crippen LogP contribution >= 0.6 is 0 Å². The highest BCUT2D eigenvalue weighted by molar-refractivity contribution is 5.76. The summed E-state index contributed by atoms with van der Waals surface area (Å²) in [4.78, 5) is 14.9. The molecule has 0 aliphatic heterocycles. The third-order valence-electron chi connectivity index (χ3n) is 4.90. The predicted octanol–water partition coefficient (Wildman–Crippen LogP) is 5.82. The SMILES string of the molecule is C=CCN(Cc1cccn1Cc1cccc(C)c1)C(=O)C[C@H](C)CC(C)(C)C. The van der Waals surface area contributed by atoms with Crippen LogP contribution in [0.2, 0.25) is 0 Å². The average Bonchev–Trinajstić information content (AvgIpc) is 2.99. The van der Waals surface area contributed by atoms with Crippen LogP contribution < -0.4 is 0 Å². The fourth-order valence-corrected chi connectivity index (χ4v) is 3.91. The highest BCUT2D eigenvalue weighted by Crippen LogP contribution is 2.26. The number of nitrogens with zero attached hydrogens (tertiary/aromatic N) is 2. The van der Waals surface area contributed by atoms with Gasteiger partial charge in [0, 0.05) is 31.4 Å². The van der Waals surface area contributed by atoms with E-state index in [4.69, 9.17) is 0 Å². The fourth-order valence-electron chi connectivity index (χ4n) is 3.91. The van der Waals surface area contributed by atoms with Crippen molar-refractivity contribution in [2.45, 2.75) is 60.5 Å². The van der Waals surface area contributed by atoms with Crippen molar-refractivity contribution in [2.75, 3.05) is 6.54 Å². The molecule has 1 atom stereocenters. The first-order valence-electron chi connectivity index (χ1n) is 10.3. The molecule has 1 aromatic heterocycles. The van der Waals surface area contributed by atoms with E-state index < -0.39 is 0 Å². The highest BCUT2D eigenvalue weighted by Gasteiger charge is 2.21. The van der Waals surface area contributed by atoms with E-state index in [2.05, 4.69) is 88.4 Å². The van der Waals surface area contributed by atoms with Crippen LogP contribution in [-0.2, 0) is 17.9 Å². The Bertz CT molecular complexity index is 782. The molecule has 0 radical (unpaired) electrons. The lowest BCUT2D eigenvalue weighted by atomic mass is 9.84. The minimum Gasteiger partial charge on any atom is -0.345 e. The van der Waals surface area contributed by atoms with Crippen molar-refractivity contribution in [3.63, 3.8) is 0 Å². The van der Waals surface area contributed by atoms with Crippen LogP contribution in [-0.4, -0.2) is 21.9 Å². The Balaban J connectivity index is 2.07. The van der Waals surface area contributed by atoms with Gasteiger partial charge in [0.2, 0.25) is 5.91 Å². The summed E-state index contributed by atoms with van der Waals surface area (Å²) < 4.78 is 2.23. The van der Waals surface area contributed by atoms with Gasteiger partial charge in [-0.15, -0.1) is 6.58 Å². The third-order valence-corrected chi connectivity index (χ3v) is 4.90. The molecule has 0 saturated carbocycles. The van der Waals surface area contributed by atoms with Crippen molar-refractivity contribution >= 4 is 5.91 Å². The van der Waals surface area contributed by atoms with E-state index in [1.54, 1.807) is 0 Å². The molecule has 152 valence electrons. The lowest BCUT2D eigenvalue weighted by Gasteiger charge is -2.27. The Morgan fingerprint density at radius 1 is 1.25 bits per heavy atom. The molecule has 0 fully saturated rings. The third kappa shape index (κ3) is 7.03. The molecule has 2 rings (SSSR count). The van der Waals surface area contributed by atoms with E-state index in [0.29, 0.717) is 25.4 Å². The van der Waals surface area contributed by atoms with Crippen molar-refractivity contribution in [2.24, 2.45) is 11.3 Å². The molecule has 0 aliphatic carbocycles. The number of benzene rings is 1. The number of carbonyl (C=O) groups is 1. The number of amides is 1. The van der Waals surface area contributed by atoms with Gasteiger partial charge in [-0.2, -0.15) is 0 Å². The summed E-state index contributed by atoms with van der Waals surface area (Å²) in [6.45, 7) is 16.8. The minimum atomic E-state index is 0.208. The van der Waals surface area contributed by atoms with Crippen LogP contribution in [0.25, 0.3) is 0 Å². The van der Waals surface area contributed by atoms with Crippen molar-refractivity contribution in [1.82, 2.24) is 9.47 Å². The lowest BCUT2D eigenvalue weighted by molar-refractivity contribution is -0.132. The zero-order chi connectivity index (χ0) is 20.7. The topological polar surface area (TPSA) is 25.2 Å². The van der Waals surface area contributed by atoms with E-state index in [0.717, 1.165) is 18.7 Å². The van der Waals surface area contributed by atoms with E-state index in [1.807, 2.05) is 11.0 Å². The Hall–Kier alpha value is -2.29. The Labute approximate surface area is 171 Å². The first-order chi connectivity index (χ1) is 13.2. The van der Waals surface area contributed by atoms with Crippen LogP contribution in [0.3, 0.4) is 0 Å². The minimum absolute atomic E-state index is 0.208. The van der Waals surface area contributed by atoms with Gasteiger partial charge in [0.05, 0.1) is 6.54 Å². The van der Waals surface area contributed by atoms with Crippen LogP contribution in [0, 0.1) is 18.3 Å². The van der Waals surface area contributed by atoms with Gasteiger partial charge in [0.1, 0.15) is 0 Å². The molecular formula is C25H36N2O. The van der Waals surface area contributed by atoms with Gasteiger partial charge in [-0.1, -0.05) is 63.6 Å². The van der Waals surface area contributed by atoms with Crippen molar-refractivity contribution in [1.29, 1.82) is 0 Å². The molecule has 0 unspecified atom stereocenters. The van der Waals surface area contributed by atoms with E-state index in [9.17, 15) is 4.79 Å². The normalized spacial score (nSPS) is 12.6. The predicted molar refractivity (Wildman–Crippen MR) is 118 cm³/mol. The summed E-state index contributed by atoms with van der Waals surface area (Å²) in [5.74, 6) is 0.582. The fraction of sp³-hybridized carbons (Fsp3) is 0.480. The number of hydrogen-bond donors (Lipinski definition) is 0. The van der Waals surface area contributed by atoms with Crippen molar-refractivity contribution in [3.05, 3.63) is 72.1 Å². The van der Waals surface area contributed by atoms with Gasteiger partial charge in [-0.05, 0) is 42.4 Å². The number of aromatic nitrogens is 1. The molecule has 3 heteroatoms. The Kier molecular flexibility index (Phi) is 7.68. The molecule has 0 spiro atoms. The van der Waals surface area contributed by atoms with Crippen LogP contribution in [0.5, 0.6) is 0 Å². The first kappa shape index (κ1) is 22.0. The maximum Gasteiger partial charge on any atom is 0.223 e. The zero-order valence-corrected chi connectivity index (χ0v) is 18.2. The van der Waals surface area contributed by atoms with Gasteiger partial charge in [0.25, 0.3) is 0 Å². The molecule has 0 bridgehead atoms. The molecule has 3 nitrogen and oxygen atoms in total. The number of rotatable bonds is 9. The monoisotopic (exact) mass is 380 g/mol. The van der Waals surface area contributed by atoms with Gasteiger partial charge < -0.3 is 9.47 Å². The summed E-state index contributed by atoms with van der Waals surface area (Å²) >= 11 is 0. The van der Waals surface area contributed by atoms with Crippen molar-refractivity contribution < 1.29 is 4.79 Å². The second-order valence-corrected chi connectivity index (χ2v) is 9.25. The van der Waals surface area contributed by atoms with E-state index in [-0.39, 0.29) is 11.3 Å². The summed E-state index contributed by atoms with van der Waals surface area (Å²) in [6.07, 6.45) is 5.55. The first-order valence-corrected chi connectivity index (χ1v) is 10.3. The molecular weight excluding hydrogens is 344 g/mol. The van der Waals surface area contributed by atoms with Crippen LogP contribution in [0.15, 0.2) is 55.3 Å². The molecule has 0 N–H and O–H groups in total. The van der Waals surface area contributed by atoms with Gasteiger partial charge in [0.15, 0.2) is 0 Å². The molecule has 0 saturated heterocycles. The van der Waals surface area contributed by atoms with Gasteiger partial charge >= 0.3 is 0 Å². The smallest absolute Gasteiger partial charge is 0.223 e. The maximum absolute atomic E-state index is 12.9. The second kappa shape index (κ2) is 9.77. The van der Waals surface area contributed by atoms with Crippen LogP contribution in [0.1, 0.15) is 57.4 Å². The molecule has 1 amide bonds.